The Bertz CT molecular complexity index is 1210. The van der Waals surface area contributed by atoms with Crippen LogP contribution in [0, 0.1) is 18.8 Å². The second-order valence-electron chi connectivity index (χ2n) is 9.13. The van der Waals surface area contributed by atoms with Crippen LogP contribution in [0.5, 0.6) is 5.75 Å². The number of carbonyl (C=O) groups is 4. The number of hydrogen-bond acceptors (Lipinski definition) is 6. The van der Waals surface area contributed by atoms with E-state index < -0.39 is 35.2 Å². The average Bonchev–Trinajstić information content (AvgIpc) is 3.40. The molecular formula is C25H26N4O5. The summed E-state index contributed by atoms with van der Waals surface area (Å²) in [4.78, 5) is 53.6. The van der Waals surface area contributed by atoms with E-state index in [1.165, 1.54) is 4.90 Å². The molecule has 34 heavy (non-hydrogen) atoms. The van der Waals surface area contributed by atoms with Gasteiger partial charge in [0.15, 0.2) is 0 Å². The molecule has 0 saturated carbocycles. The summed E-state index contributed by atoms with van der Waals surface area (Å²) in [7, 11) is 1.56. The third kappa shape index (κ3) is 3.11. The first-order chi connectivity index (χ1) is 16.3. The number of aryl methyl sites for hydroxylation is 1. The minimum Gasteiger partial charge on any atom is -0.497 e. The minimum absolute atomic E-state index is 0.0409. The molecule has 4 atom stereocenters. The van der Waals surface area contributed by atoms with Crippen molar-refractivity contribution < 1.29 is 23.9 Å². The summed E-state index contributed by atoms with van der Waals surface area (Å²) >= 11 is 0. The zero-order valence-corrected chi connectivity index (χ0v) is 19.0. The number of para-hydroxylation sites is 1. The second kappa shape index (κ2) is 7.95. The Morgan fingerprint density at radius 3 is 2.53 bits per heavy atom. The van der Waals surface area contributed by atoms with Crippen LogP contribution in [0.25, 0.3) is 0 Å². The molecule has 2 aromatic rings. The van der Waals surface area contributed by atoms with Crippen molar-refractivity contribution in [2.75, 3.05) is 12.4 Å². The van der Waals surface area contributed by atoms with E-state index >= 15 is 0 Å². The van der Waals surface area contributed by atoms with Gasteiger partial charge in [-0.1, -0.05) is 30.3 Å². The van der Waals surface area contributed by atoms with Crippen molar-refractivity contribution in [3.05, 3.63) is 59.2 Å². The fraction of sp³-hybridized carbons (Fsp3) is 0.360. The van der Waals surface area contributed by atoms with E-state index in [2.05, 4.69) is 10.6 Å². The molecule has 3 aliphatic rings. The number of carbonyl (C=O) groups excluding carboxylic acids is 4. The number of methoxy groups -OCH3 is 1. The Morgan fingerprint density at radius 1 is 1.12 bits per heavy atom. The maximum atomic E-state index is 13.8. The average molecular weight is 463 g/mol. The Morgan fingerprint density at radius 2 is 1.85 bits per heavy atom. The van der Waals surface area contributed by atoms with Gasteiger partial charge in [0.05, 0.1) is 25.5 Å². The summed E-state index contributed by atoms with van der Waals surface area (Å²) in [6, 6.07) is 12.1. The fourth-order valence-electron chi connectivity index (χ4n) is 5.65. The van der Waals surface area contributed by atoms with Crippen LogP contribution in [0.15, 0.2) is 42.5 Å². The van der Waals surface area contributed by atoms with E-state index in [-0.39, 0.29) is 31.2 Å². The van der Waals surface area contributed by atoms with Crippen LogP contribution in [0.4, 0.5) is 5.69 Å². The highest BCUT2D eigenvalue weighted by atomic mass is 16.5. The van der Waals surface area contributed by atoms with E-state index in [0.29, 0.717) is 17.0 Å². The zero-order valence-electron chi connectivity index (χ0n) is 19.0. The van der Waals surface area contributed by atoms with Crippen LogP contribution in [-0.4, -0.2) is 41.7 Å². The molecule has 0 unspecified atom stereocenters. The summed E-state index contributed by atoms with van der Waals surface area (Å²) in [5.41, 5.74) is 6.94. The van der Waals surface area contributed by atoms with Crippen molar-refractivity contribution in [2.45, 2.75) is 37.9 Å². The first kappa shape index (κ1) is 22.1. The number of anilines is 1. The molecule has 0 aliphatic carbocycles. The van der Waals surface area contributed by atoms with Crippen LogP contribution in [0.1, 0.15) is 29.5 Å². The van der Waals surface area contributed by atoms with E-state index in [1.807, 2.05) is 25.1 Å². The van der Waals surface area contributed by atoms with Gasteiger partial charge in [-0.25, -0.2) is 0 Å². The van der Waals surface area contributed by atoms with Gasteiger partial charge in [-0.05, 0) is 36.6 Å². The summed E-state index contributed by atoms with van der Waals surface area (Å²) in [5.74, 6) is -2.63. The van der Waals surface area contributed by atoms with Gasteiger partial charge in [0.25, 0.3) is 0 Å². The van der Waals surface area contributed by atoms with Crippen LogP contribution in [-0.2, 0) is 31.3 Å². The lowest BCUT2D eigenvalue weighted by atomic mass is 9.76. The predicted octanol–water partition coefficient (Wildman–Crippen LogP) is 1.19. The lowest BCUT2D eigenvalue weighted by molar-refractivity contribution is -0.143. The van der Waals surface area contributed by atoms with Crippen LogP contribution >= 0.6 is 0 Å². The van der Waals surface area contributed by atoms with Gasteiger partial charge in [0, 0.05) is 23.7 Å². The summed E-state index contributed by atoms with van der Waals surface area (Å²) in [6.45, 7) is 1.97. The second-order valence-corrected chi connectivity index (χ2v) is 9.13. The van der Waals surface area contributed by atoms with Crippen molar-refractivity contribution in [1.29, 1.82) is 0 Å². The first-order valence-electron chi connectivity index (χ1n) is 11.2. The standard InChI is InChI=1S/C25H26N4O5/c1-13-4-3-5-16-21(13)27-24(33)25(16)20-19(17(28-25)10-11-18(26)30)22(31)29(23(20)32)12-14-6-8-15(34-2)9-7-14/h3-9,17,19-20,28H,10-12H2,1-2H3,(H2,26,30)(H,27,33)/t17-,19-,20-,25+/m1/s1. The number of rotatable bonds is 6. The Balaban J connectivity index is 1.56. The van der Waals surface area contributed by atoms with Crippen molar-refractivity contribution in [3.8, 4) is 5.75 Å². The van der Waals surface area contributed by atoms with Gasteiger partial charge in [0.2, 0.25) is 23.6 Å². The van der Waals surface area contributed by atoms with E-state index in [1.54, 1.807) is 31.4 Å². The SMILES string of the molecule is COc1ccc(CN2C(=O)[C@@H]3[C@@H](CCC(N)=O)N[C@]4(C(=O)Nc5c(C)cccc54)[C@H]3C2=O)cc1. The minimum atomic E-state index is -1.38. The quantitative estimate of drug-likeness (QED) is 0.553. The molecule has 3 aliphatic heterocycles. The van der Waals surface area contributed by atoms with E-state index in [9.17, 15) is 19.2 Å². The summed E-state index contributed by atoms with van der Waals surface area (Å²) in [5, 5.41) is 6.23. The largest absolute Gasteiger partial charge is 0.497 e. The molecule has 1 spiro atoms. The molecule has 0 aromatic heterocycles. The van der Waals surface area contributed by atoms with Gasteiger partial charge in [0.1, 0.15) is 11.3 Å². The monoisotopic (exact) mass is 462 g/mol. The lowest BCUT2D eigenvalue weighted by Crippen LogP contribution is -2.53. The van der Waals surface area contributed by atoms with Crippen LogP contribution in [0.2, 0.25) is 0 Å². The van der Waals surface area contributed by atoms with Gasteiger partial charge in [-0.3, -0.25) is 29.4 Å². The van der Waals surface area contributed by atoms with Crippen molar-refractivity contribution in [2.24, 2.45) is 17.6 Å². The molecule has 176 valence electrons. The predicted molar refractivity (Wildman–Crippen MR) is 122 cm³/mol. The maximum absolute atomic E-state index is 13.8. The number of primary amides is 1. The van der Waals surface area contributed by atoms with Crippen molar-refractivity contribution in [1.82, 2.24) is 10.2 Å². The number of benzene rings is 2. The third-order valence-corrected chi connectivity index (χ3v) is 7.25. The Hall–Kier alpha value is -3.72. The number of amides is 4. The molecule has 5 rings (SSSR count). The molecule has 9 heteroatoms. The molecule has 0 bridgehead atoms. The zero-order chi connectivity index (χ0) is 24.2. The van der Waals surface area contributed by atoms with Gasteiger partial charge >= 0.3 is 0 Å². The normalized spacial score (nSPS) is 27.2. The number of nitrogens with two attached hydrogens (primary N) is 1. The number of likely N-dealkylation sites (tertiary alicyclic amines) is 1. The van der Waals surface area contributed by atoms with Crippen LogP contribution < -0.4 is 21.1 Å². The smallest absolute Gasteiger partial charge is 0.250 e. The number of ether oxygens (including phenoxy) is 1. The van der Waals surface area contributed by atoms with Crippen LogP contribution in [0.3, 0.4) is 0 Å². The molecule has 2 fully saturated rings. The molecule has 4 amide bonds. The van der Waals surface area contributed by atoms with E-state index in [4.69, 9.17) is 10.5 Å². The topological polar surface area (TPSA) is 131 Å². The summed E-state index contributed by atoms with van der Waals surface area (Å²) in [6.07, 6.45) is 0.293. The number of fused-ring (bicyclic) bond motifs is 4. The molecule has 9 nitrogen and oxygen atoms in total. The van der Waals surface area contributed by atoms with E-state index in [0.717, 1.165) is 11.1 Å². The maximum Gasteiger partial charge on any atom is 0.250 e. The Kier molecular flexibility index (Phi) is 5.16. The summed E-state index contributed by atoms with van der Waals surface area (Å²) < 4.78 is 5.18. The number of hydrogen-bond donors (Lipinski definition) is 3. The fourth-order valence-corrected chi connectivity index (χ4v) is 5.65. The third-order valence-electron chi connectivity index (χ3n) is 7.25. The van der Waals surface area contributed by atoms with Crippen molar-refractivity contribution >= 4 is 29.3 Å². The molecular weight excluding hydrogens is 436 g/mol. The Labute approximate surface area is 196 Å². The van der Waals surface area contributed by atoms with Gasteiger partial charge < -0.3 is 15.8 Å². The lowest BCUT2D eigenvalue weighted by Gasteiger charge is -2.29. The highest BCUT2D eigenvalue weighted by Gasteiger charge is 2.70. The molecule has 2 saturated heterocycles. The number of nitrogens with zero attached hydrogens (tertiary/aromatic N) is 1. The first-order valence-corrected chi connectivity index (χ1v) is 11.2. The van der Waals surface area contributed by atoms with Gasteiger partial charge in [-0.2, -0.15) is 0 Å². The van der Waals surface area contributed by atoms with Crippen molar-refractivity contribution in [3.63, 3.8) is 0 Å². The highest BCUT2D eigenvalue weighted by molar-refractivity contribution is 6.15. The number of nitrogens with one attached hydrogen (secondary N) is 2. The molecule has 0 radical (unpaired) electrons. The number of imide groups is 1. The van der Waals surface area contributed by atoms with Gasteiger partial charge in [-0.15, -0.1) is 0 Å². The molecule has 2 aromatic carbocycles. The highest BCUT2D eigenvalue weighted by Crippen LogP contribution is 2.54. The molecule has 3 heterocycles. The molecule has 4 N–H and O–H groups in total.